The number of para-hydroxylation sites is 1. The Morgan fingerprint density at radius 3 is 2.16 bits per heavy atom. The van der Waals surface area contributed by atoms with E-state index in [2.05, 4.69) is 80.6 Å². The predicted molar refractivity (Wildman–Crippen MR) is 128 cm³/mol. The van der Waals surface area contributed by atoms with Crippen LogP contribution in [-0.2, 0) is 24.9 Å². The summed E-state index contributed by atoms with van der Waals surface area (Å²) in [5.41, 5.74) is 7.95. The molecular formula is C28H26IrNO2-. The predicted octanol–water partition coefficient (Wildman–Crippen LogP) is 7.02. The Hall–Kier alpha value is -3.07. The van der Waals surface area contributed by atoms with Gasteiger partial charge in [0, 0.05) is 31.6 Å². The fourth-order valence-corrected chi connectivity index (χ4v) is 3.49. The van der Waals surface area contributed by atoms with E-state index in [0.29, 0.717) is 0 Å². The molecule has 0 aliphatic rings. The zero-order chi connectivity index (χ0) is 22.4. The van der Waals surface area contributed by atoms with E-state index < -0.39 is 0 Å². The molecule has 0 aliphatic carbocycles. The van der Waals surface area contributed by atoms with Gasteiger partial charge in [-0.2, -0.15) is 0 Å². The van der Waals surface area contributed by atoms with Gasteiger partial charge in [-0.25, -0.2) is 0 Å². The molecule has 0 saturated carbocycles. The second kappa shape index (κ2) is 11.5. The molecule has 3 nitrogen and oxygen atoms in total. The van der Waals surface area contributed by atoms with E-state index in [4.69, 9.17) is 10.1 Å². The number of allylic oxidation sites excluding steroid dienone is 2. The van der Waals surface area contributed by atoms with E-state index in [1.807, 2.05) is 12.1 Å². The number of pyridine rings is 1. The number of hydrogen-bond donors (Lipinski definition) is 1. The maximum Gasteiger partial charge on any atom is 0.155 e. The molecule has 32 heavy (non-hydrogen) atoms. The van der Waals surface area contributed by atoms with Crippen molar-refractivity contribution in [2.45, 2.75) is 27.7 Å². The minimum Gasteiger partial charge on any atom is -0.512 e. The first-order valence-electron chi connectivity index (χ1n) is 10.2. The van der Waals surface area contributed by atoms with Crippen molar-refractivity contribution in [3.8, 4) is 22.4 Å². The van der Waals surface area contributed by atoms with Gasteiger partial charge in [-0.05, 0) is 43.7 Å². The van der Waals surface area contributed by atoms with Crippen LogP contribution < -0.4 is 0 Å². The fourth-order valence-electron chi connectivity index (χ4n) is 3.49. The SMILES string of the molecule is CC(=O)/C=C(/C)O.Cc1c[c-]c(-c2nc3ccccc3c(-c3ccccc3)c2C)cc1.[Ir]. The molecule has 1 heterocycles. The summed E-state index contributed by atoms with van der Waals surface area (Å²) < 4.78 is 0. The minimum absolute atomic E-state index is 0. The van der Waals surface area contributed by atoms with Crippen molar-refractivity contribution in [1.29, 1.82) is 0 Å². The Morgan fingerprint density at radius 2 is 1.59 bits per heavy atom. The van der Waals surface area contributed by atoms with Crippen molar-refractivity contribution in [2.75, 3.05) is 0 Å². The summed E-state index contributed by atoms with van der Waals surface area (Å²) in [7, 11) is 0. The summed E-state index contributed by atoms with van der Waals surface area (Å²) in [4.78, 5) is 14.9. The van der Waals surface area contributed by atoms with Crippen molar-refractivity contribution >= 4 is 16.7 Å². The smallest absolute Gasteiger partial charge is 0.155 e. The number of aryl methyl sites for hydroxylation is 1. The Balaban J connectivity index is 0.000000398. The second-order valence-electron chi connectivity index (χ2n) is 7.52. The van der Waals surface area contributed by atoms with E-state index in [1.165, 1.54) is 47.6 Å². The zero-order valence-corrected chi connectivity index (χ0v) is 21.0. The number of carbonyl (C=O) groups excluding carboxylic acids is 1. The van der Waals surface area contributed by atoms with Crippen LogP contribution in [0.5, 0.6) is 0 Å². The van der Waals surface area contributed by atoms with Crippen molar-refractivity contribution in [3.63, 3.8) is 0 Å². The van der Waals surface area contributed by atoms with Crippen LogP contribution in [0.25, 0.3) is 33.3 Å². The van der Waals surface area contributed by atoms with Crippen LogP contribution in [-0.4, -0.2) is 15.9 Å². The number of aliphatic hydroxyl groups excluding tert-OH is 1. The molecule has 0 amide bonds. The summed E-state index contributed by atoms with van der Waals surface area (Å²) in [5, 5.41) is 9.55. The molecule has 0 atom stereocenters. The third-order valence-corrected chi connectivity index (χ3v) is 4.83. The largest absolute Gasteiger partial charge is 0.512 e. The van der Waals surface area contributed by atoms with Crippen molar-refractivity contribution in [2.24, 2.45) is 0 Å². The molecule has 165 valence electrons. The number of nitrogens with zero attached hydrogens (tertiary/aromatic N) is 1. The van der Waals surface area contributed by atoms with Gasteiger partial charge in [-0.1, -0.05) is 61.0 Å². The van der Waals surface area contributed by atoms with Gasteiger partial charge in [0.15, 0.2) is 5.78 Å². The number of hydrogen-bond acceptors (Lipinski definition) is 3. The molecule has 4 aromatic rings. The van der Waals surface area contributed by atoms with Gasteiger partial charge in [0.25, 0.3) is 0 Å². The summed E-state index contributed by atoms with van der Waals surface area (Å²) in [6.07, 6.45) is 1.17. The summed E-state index contributed by atoms with van der Waals surface area (Å²) in [6.45, 7) is 7.09. The average Bonchev–Trinajstić information content (AvgIpc) is 2.74. The molecule has 1 N–H and O–H groups in total. The second-order valence-corrected chi connectivity index (χ2v) is 7.52. The van der Waals surface area contributed by atoms with Crippen LogP contribution in [0.3, 0.4) is 0 Å². The molecule has 4 heteroatoms. The Labute approximate surface area is 203 Å². The number of aliphatic hydroxyl groups is 1. The first-order chi connectivity index (χ1) is 14.9. The molecule has 0 fully saturated rings. The number of benzene rings is 3. The van der Waals surface area contributed by atoms with Gasteiger partial charge in [-0.15, -0.1) is 35.4 Å². The zero-order valence-electron chi connectivity index (χ0n) is 18.6. The monoisotopic (exact) mass is 601 g/mol. The molecule has 1 aromatic heterocycles. The van der Waals surface area contributed by atoms with Crippen molar-refractivity contribution in [3.05, 3.63) is 102 Å². The summed E-state index contributed by atoms with van der Waals surface area (Å²) in [5.74, 6) is -0.0625. The van der Waals surface area contributed by atoms with E-state index in [1.54, 1.807) is 0 Å². The van der Waals surface area contributed by atoms with Crippen LogP contribution in [0, 0.1) is 19.9 Å². The van der Waals surface area contributed by atoms with Crippen LogP contribution >= 0.6 is 0 Å². The molecule has 3 aromatic carbocycles. The maximum absolute atomic E-state index is 10.0. The number of ketones is 1. The Bertz CT molecular complexity index is 1230. The molecule has 0 aliphatic heterocycles. The van der Waals surface area contributed by atoms with Crippen LogP contribution in [0.15, 0.2) is 84.6 Å². The van der Waals surface area contributed by atoms with Crippen molar-refractivity contribution < 1.29 is 30.0 Å². The molecule has 1 radical (unpaired) electrons. The topological polar surface area (TPSA) is 50.2 Å². The number of fused-ring (bicyclic) bond motifs is 1. The molecule has 0 saturated heterocycles. The van der Waals surface area contributed by atoms with Crippen molar-refractivity contribution in [1.82, 2.24) is 4.98 Å². The Kier molecular flexibility index (Phi) is 9.07. The van der Waals surface area contributed by atoms with Gasteiger partial charge < -0.3 is 5.11 Å². The molecular weight excluding hydrogens is 575 g/mol. The van der Waals surface area contributed by atoms with E-state index in [-0.39, 0.29) is 31.6 Å². The maximum atomic E-state index is 10.0. The summed E-state index contributed by atoms with van der Waals surface area (Å²) >= 11 is 0. The van der Waals surface area contributed by atoms with E-state index >= 15 is 0 Å². The van der Waals surface area contributed by atoms with Gasteiger partial charge >= 0.3 is 0 Å². The first kappa shape index (κ1) is 25.2. The summed E-state index contributed by atoms with van der Waals surface area (Å²) in [6, 6.07) is 28.5. The van der Waals surface area contributed by atoms with Gasteiger partial charge in [-0.3, -0.25) is 9.78 Å². The normalized spacial score (nSPS) is 10.7. The van der Waals surface area contributed by atoms with Gasteiger partial charge in [0.2, 0.25) is 0 Å². The molecule has 0 unspecified atom stereocenters. The quantitative estimate of drug-likeness (QED) is 0.156. The third kappa shape index (κ3) is 6.23. The van der Waals surface area contributed by atoms with E-state index in [0.717, 1.165) is 16.8 Å². The average molecular weight is 601 g/mol. The number of carbonyl (C=O) groups is 1. The minimum atomic E-state index is -0.125. The third-order valence-electron chi connectivity index (χ3n) is 4.83. The molecule has 0 spiro atoms. The number of aromatic nitrogens is 1. The van der Waals surface area contributed by atoms with Gasteiger partial charge in [0.1, 0.15) is 0 Å². The molecule has 4 rings (SSSR count). The Morgan fingerprint density at radius 1 is 0.938 bits per heavy atom. The van der Waals surface area contributed by atoms with E-state index in [9.17, 15) is 4.79 Å². The molecule has 0 bridgehead atoms. The van der Waals surface area contributed by atoms with Gasteiger partial charge in [0.05, 0.1) is 11.3 Å². The van der Waals surface area contributed by atoms with Crippen LogP contribution in [0.1, 0.15) is 25.0 Å². The standard InChI is InChI=1S/C23H18N.C5H8O2.Ir/c1-16-12-14-19(15-13-16)23-17(2)22(18-8-4-3-5-9-18)20-10-6-7-11-21(20)24-23;1-4(6)3-5(2)7;/h3-14H,1-2H3;3,6H,1-2H3;/q-1;;/b;4-3-;. The van der Waals surface area contributed by atoms with Crippen LogP contribution in [0.2, 0.25) is 0 Å². The first-order valence-corrected chi connectivity index (χ1v) is 10.2. The van der Waals surface area contributed by atoms with Crippen LogP contribution in [0.4, 0.5) is 0 Å². The number of rotatable bonds is 3. The fraction of sp³-hybridized carbons (Fsp3) is 0.143.